The van der Waals surface area contributed by atoms with Crippen molar-refractivity contribution in [1.29, 1.82) is 0 Å². The molecule has 2 amide bonds. The minimum absolute atomic E-state index is 0.137. The Morgan fingerprint density at radius 3 is 2.47 bits per heavy atom. The van der Waals surface area contributed by atoms with E-state index in [-0.39, 0.29) is 24.0 Å². The summed E-state index contributed by atoms with van der Waals surface area (Å²) in [7, 11) is 0. The number of nitrogens with one attached hydrogen (secondary N) is 1. The van der Waals surface area contributed by atoms with Gasteiger partial charge in [0.1, 0.15) is 0 Å². The van der Waals surface area contributed by atoms with Gasteiger partial charge in [-0.1, -0.05) is 70.9 Å². The molecule has 0 bridgehead atoms. The fraction of sp³-hybridized carbons (Fsp3) is 0.276. The van der Waals surface area contributed by atoms with Crippen molar-refractivity contribution in [2.24, 2.45) is 0 Å². The van der Waals surface area contributed by atoms with Crippen LogP contribution < -0.4 is 5.32 Å². The molecule has 194 valence electrons. The van der Waals surface area contributed by atoms with E-state index in [4.69, 9.17) is 23.2 Å². The van der Waals surface area contributed by atoms with Gasteiger partial charge in [-0.25, -0.2) is 4.98 Å². The molecule has 6 rings (SSSR count). The van der Waals surface area contributed by atoms with E-state index in [0.717, 1.165) is 10.2 Å². The van der Waals surface area contributed by atoms with Gasteiger partial charge in [0, 0.05) is 21.7 Å². The average molecular weight is 567 g/mol. The van der Waals surface area contributed by atoms with Crippen molar-refractivity contribution >= 4 is 61.7 Å². The largest absolute Gasteiger partial charge is 0.393 e. The monoisotopic (exact) mass is 565 g/mol. The van der Waals surface area contributed by atoms with Crippen LogP contribution in [0.5, 0.6) is 0 Å². The molecule has 6 nitrogen and oxygen atoms in total. The molecule has 2 atom stereocenters. The van der Waals surface area contributed by atoms with Crippen molar-refractivity contribution < 1.29 is 14.7 Å². The van der Waals surface area contributed by atoms with Gasteiger partial charge in [0.25, 0.3) is 5.91 Å². The summed E-state index contributed by atoms with van der Waals surface area (Å²) in [5.41, 5.74) is 2.63. The summed E-state index contributed by atoms with van der Waals surface area (Å²) >= 11 is 14.4. The van der Waals surface area contributed by atoms with E-state index < -0.39 is 12.0 Å². The number of aliphatic hydroxyl groups excluding tert-OH is 1. The number of carbonyl (C=O) groups is 2. The number of para-hydroxylation sites is 1. The van der Waals surface area contributed by atoms with Crippen LogP contribution in [0.15, 0.2) is 66.7 Å². The number of carbonyl (C=O) groups excluding carboxylic acids is 2. The van der Waals surface area contributed by atoms with E-state index in [9.17, 15) is 14.7 Å². The Kier molecular flexibility index (Phi) is 6.86. The van der Waals surface area contributed by atoms with Crippen LogP contribution in [0, 0.1) is 0 Å². The number of halogens is 2. The lowest BCUT2D eigenvalue weighted by atomic mass is 9.77. The van der Waals surface area contributed by atoms with Crippen molar-refractivity contribution in [2.75, 3.05) is 5.32 Å². The number of nitrogens with zero attached hydrogens (tertiary/aromatic N) is 2. The highest BCUT2D eigenvalue weighted by Gasteiger charge is 2.47. The molecule has 2 heterocycles. The Bertz CT molecular complexity index is 1500. The van der Waals surface area contributed by atoms with Gasteiger partial charge in [-0.05, 0) is 67.1 Å². The number of hydrogen-bond acceptors (Lipinski definition) is 5. The molecule has 0 radical (unpaired) electrons. The lowest BCUT2D eigenvalue weighted by Gasteiger charge is -2.47. The van der Waals surface area contributed by atoms with Gasteiger partial charge < -0.3 is 15.3 Å². The van der Waals surface area contributed by atoms with Crippen LogP contribution in [-0.4, -0.2) is 39.0 Å². The quantitative estimate of drug-likeness (QED) is 0.284. The minimum Gasteiger partial charge on any atom is -0.393 e. The third kappa shape index (κ3) is 4.58. The number of aromatic nitrogens is 1. The lowest BCUT2D eigenvalue weighted by molar-refractivity contribution is -0.119. The smallest absolute Gasteiger partial charge is 0.254 e. The van der Waals surface area contributed by atoms with E-state index in [1.54, 1.807) is 24.3 Å². The molecule has 0 spiro atoms. The number of fused-ring (bicyclic) bond motifs is 2. The van der Waals surface area contributed by atoms with Crippen molar-refractivity contribution in [3.05, 3.63) is 93.5 Å². The molecule has 9 heteroatoms. The molecule has 0 unspecified atom stereocenters. The number of rotatable bonds is 4. The molecule has 0 saturated heterocycles. The first-order valence-electron chi connectivity index (χ1n) is 12.6. The van der Waals surface area contributed by atoms with Crippen molar-refractivity contribution in [3.63, 3.8) is 0 Å². The zero-order valence-corrected chi connectivity index (χ0v) is 22.6. The second-order valence-electron chi connectivity index (χ2n) is 9.83. The molecule has 1 saturated carbocycles. The predicted octanol–water partition coefficient (Wildman–Crippen LogP) is 6.83. The summed E-state index contributed by atoms with van der Waals surface area (Å²) in [5, 5.41) is 14.6. The van der Waals surface area contributed by atoms with Crippen molar-refractivity contribution in [3.8, 4) is 0 Å². The normalized spacial score (nSPS) is 23.3. The molecular formula is C29H25Cl2N3O3S. The minimum atomic E-state index is -0.735. The van der Waals surface area contributed by atoms with Crippen molar-refractivity contribution in [1.82, 2.24) is 9.88 Å². The third-order valence-electron chi connectivity index (χ3n) is 7.52. The molecule has 1 aromatic heterocycles. The Balaban J connectivity index is 1.48. The van der Waals surface area contributed by atoms with Gasteiger partial charge >= 0.3 is 0 Å². The van der Waals surface area contributed by atoms with Crippen LogP contribution in [-0.2, 0) is 4.79 Å². The van der Waals surface area contributed by atoms with E-state index in [0.29, 0.717) is 57.6 Å². The van der Waals surface area contributed by atoms with Gasteiger partial charge in [0.15, 0.2) is 5.13 Å². The second kappa shape index (κ2) is 10.3. The Labute approximate surface area is 234 Å². The van der Waals surface area contributed by atoms with Crippen LogP contribution in [0.1, 0.15) is 59.1 Å². The fourth-order valence-corrected chi connectivity index (χ4v) is 7.14. The molecule has 38 heavy (non-hydrogen) atoms. The summed E-state index contributed by atoms with van der Waals surface area (Å²) in [6, 6.07) is 19.4. The highest BCUT2D eigenvalue weighted by Crippen LogP contribution is 2.48. The maximum Gasteiger partial charge on any atom is 0.254 e. The second-order valence-corrected chi connectivity index (χ2v) is 11.7. The first-order valence-corrected chi connectivity index (χ1v) is 14.2. The zero-order valence-electron chi connectivity index (χ0n) is 20.3. The summed E-state index contributed by atoms with van der Waals surface area (Å²) in [6.07, 6.45) is 2.10. The summed E-state index contributed by atoms with van der Waals surface area (Å²) < 4.78 is 0.974. The first kappa shape index (κ1) is 25.3. The molecule has 1 aliphatic carbocycles. The van der Waals surface area contributed by atoms with E-state index in [1.165, 1.54) is 11.3 Å². The van der Waals surface area contributed by atoms with Crippen LogP contribution in [0.3, 0.4) is 0 Å². The number of aliphatic hydroxyl groups is 1. The summed E-state index contributed by atoms with van der Waals surface area (Å²) in [4.78, 5) is 34.6. The van der Waals surface area contributed by atoms with Gasteiger partial charge in [0.2, 0.25) is 5.91 Å². The number of benzene rings is 3. The zero-order chi connectivity index (χ0) is 26.4. The fourth-order valence-electron chi connectivity index (χ4n) is 5.75. The summed E-state index contributed by atoms with van der Waals surface area (Å²) in [5.74, 6) is -1.13. The first-order chi connectivity index (χ1) is 18.4. The molecule has 1 fully saturated rings. The molecule has 2 N–H and O–H groups in total. The molecule has 2 aliphatic rings. The highest BCUT2D eigenvalue weighted by atomic mass is 35.5. The molecule has 4 aromatic rings. The number of hydrogen-bond donors (Lipinski definition) is 2. The number of anilines is 1. The predicted molar refractivity (Wildman–Crippen MR) is 151 cm³/mol. The third-order valence-corrected chi connectivity index (χ3v) is 9.04. The van der Waals surface area contributed by atoms with E-state index in [2.05, 4.69) is 10.3 Å². The van der Waals surface area contributed by atoms with Crippen LogP contribution in [0.25, 0.3) is 10.2 Å². The van der Waals surface area contributed by atoms with Gasteiger partial charge in [-0.3, -0.25) is 9.59 Å². The summed E-state index contributed by atoms with van der Waals surface area (Å²) in [6.45, 7) is 0. The van der Waals surface area contributed by atoms with Crippen LogP contribution in [0.2, 0.25) is 10.0 Å². The van der Waals surface area contributed by atoms with Crippen LogP contribution in [0.4, 0.5) is 5.13 Å². The molecular weight excluding hydrogens is 541 g/mol. The number of amides is 2. The standard InChI is InChI=1S/C29H25Cl2N3O3S/c30-16-9-14-21(22(31)15-16)26-25(27(36)33-29-32-23-7-3-4-8-24(23)38-29)19-5-1-2-6-20(19)28(37)34(26)17-10-12-18(35)13-11-17/h1-9,14-15,17-18,25-26,35H,10-13H2,(H,32,33,36)/t17?,18?,25-,26+/m1/s1. The Morgan fingerprint density at radius 2 is 1.71 bits per heavy atom. The Hall–Kier alpha value is -2.97. The molecule has 1 aliphatic heterocycles. The van der Waals surface area contributed by atoms with E-state index in [1.807, 2.05) is 47.4 Å². The molecule has 3 aromatic carbocycles. The maximum atomic E-state index is 14.2. The van der Waals surface area contributed by atoms with Gasteiger partial charge in [-0.15, -0.1) is 0 Å². The average Bonchev–Trinajstić information content (AvgIpc) is 3.32. The van der Waals surface area contributed by atoms with Crippen molar-refractivity contribution in [2.45, 2.75) is 49.8 Å². The lowest BCUT2D eigenvalue weighted by Crippen LogP contribution is -2.51. The maximum absolute atomic E-state index is 14.2. The van der Waals surface area contributed by atoms with Gasteiger partial charge in [0.05, 0.1) is 28.3 Å². The Morgan fingerprint density at radius 1 is 0.974 bits per heavy atom. The SMILES string of the molecule is O=C(Nc1nc2ccccc2s1)[C@@H]1c2ccccc2C(=O)N(C2CCC(O)CC2)[C@H]1c1ccc(Cl)cc1Cl. The van der Waals surface area contributed by atoms with Crippen LogP contribution >= 0.6 is 34.5 Å². The highest BCUT2D eigenvalue weighted by molar-refractivity contribution is 7.22. The number of thiazole rings is 1. The van der Waals surface area contributed by atoms with E-state index >= 15 is 0 Å². The van der Waals surface area contributed by atoms with Gasteiger partial charge in [-0.2, -0.15) is 0 Å². The topological polar surface area (TPSA) is 82.5 Å².